The lowest BCUT2D eigenvalue weighted by atomic mass is 10.1. The van der Waals surface area contributed by atoms with Crippen molar-refractivity contribution in [3.05, 3.63) is 59.2 Å². The molecule has 26 heavy (non-hydrogen) atoms. The molecule has 132 valence electrons. The number of anilines is 2. The van der Waals surface area contributed by atoms with Crippen molar-refractivity contribution < 1.29 is 19.2 Å². The SMILES string of the molecule is CC(=O)Nc1cccc(NC(=O)CN2C(=O)c3ccccc3C2=O)c1C. The molecule has 1 heterocycles. The molecule has 2 aromatic carbocycles. The Labute approximate surface area is 150 Å². The van der Waals surface area contributed by atoms with Crippen LogP contribution in [0.15, 0.2) is 42.5 Å². The Morgan fingerprint density at radius 1 is 0.885 bits per heavy atom. The molecule has 0 aromatic heterocycles. The van der Waals surface area contributed by atoms with Gasteiger partial charge in [0.05, 0.1) is 11.1 Å². The largest absolute Gasteiger partial charge is 0.326 e. The van der Waals surface area contributed by atoms with Crippen LogP contribution < -0.4 is 10.6 Å². The molecule has 0 bridgehead atoms. The molecule has 1 aliphatic heterocycles. The van der Waals surface area contributed by atoms with Crippen LogP contribution in [-0.4, -0.2) is 35.1 Å². The molecule has 0 unspecified atom stereocenters. The van der Waals surface area contributed by atoms with E-state index >= 15 is 0 Å². The number of carbonyl (C=O) groups is 4. The number of imide groups is 1. The topological polar surface area (TPSA) is 95.6 Å². The van der Waals surface area contributed by atoms with Crippen LogP contribution in [0.1, 0.15) is 33.2 Å². The Hall–Kier alpha value is -3.48. The summed E-state index contributed by atoms with van der Waals surface area (Å²) < 4.78 is 0. The van der Waals surface area contributed by atoms with Crippen molar-refractivity contribution in [3.63, 3.8) is 0 Å². The van der Waals surface area contributed by atoms with Crippen molar-refractivity contribution in [2.75, 3.05) is 17.2 Å². The van der Waals surface area contributed by atoms with Gasteiger partial charge in [0, 0.05) is 18.3 Å². The number of fused-ring (bicyclic) bond motifs is 1. The first-order valence-electron chi connectivity index (χ1n) is 8.00. The van der Waals surface area contributed by atoms with Gasteiger partial charge in [-0.15, -0.1) is 0 Å². The summed E-state index contributed by atoms with van der Waals surface area (Å²) in [4.78, 5) is 49.1. The Morgan fingerprint density at radius 3 is 1.96 bits per heavy atom. The van der Waals surface area contributed by atoms with Crippen molar-refractivity contribution in [3.8, 4) is 0 Å². The summed E-state index contributed by atoms with van der Waals surface area (Å²) in [5.74, 6) is -1.68. The van der Waals surface area contributed by atoms with Crippen molar-refractivity contribution in [1.29, 1.82) is 0 Å². The predicted octanol–water partition coefficient (Wildman–Crippen LogP) is 2.19. The van der Waals surface area contributed by atoms with Crippen LogP contribution in [0.25, 0.3) is 0 Å². The molecule has 3 rings (SSSR count). The summed E-state index contributed by atoms with van der Waals surface area (Å²) in [6.45, 7) is 2.77. The molecule has 0 fully saturated rings. The summed E-state index contributed by atoms with van der Waals surface area (Å²) in [6, 6.07) is 11.6. The fourth-order valence-electron chi connectivity index (χ4n) is 2.81. The van der Waals surface area contributed by atoms with Gasteiger partial charge in [-0.05, 0) is 36.8 Å². The molecule has 7 heteroatoms. The van der Waals surface area contributed by atoms with Gasteiger partial charge in [-0.2, -0.15) is 0 Å². The number of hydrogen-bond donors (Lipinski definition) is 2. The molecule has 0 radical (unpaired) electrons. The van der Waals surface area contributed by atoms with Crippen LogP contribution in [-0.2, 0) is 9.59 Å². The van der Waals surface area contributed by atoms with Crippen molar-refractivity contribution in [2.45, 2.75) is 13.8 Å². The minimum atomic E-state index is -0.498. The predicted molar refractivity (Wildman–Crippen MR) is 95.9 cm³/mol. The smallest absolute Gasteiger partial charge is 0.262 e. The molecule has 0 aliphatic carbocycles. The second-order valence-corrected chi connectivity index (χ2v) is 5.95. The summed E-state index contributed by atoms with van der Waals surface area (Å²) in [5.41, 5.74) is 2.36. The summed E-state index contributed by atoms with van der Waals surface area (Å²) in [5, 5.41) is 5.36. The van der Waals surface area contributed by atoms with E-state index in [9.17, 15) is 19.2 Å². The fourth-order valence-corrected chi connectivity index (χ4v) is 2.81. The molecule has 1 aliphatic rings. The van der Waals surface area contributed by atoms with Crippen LogP contribution in [0.3, 0.4) is 0 Å². The molecule has 0 saturated heterocycles. The average Bonchev–Trinajstić information content (AvgIpc) is 2.83. The highest BCUT2D eigenvalue weighted by Crippen LogP contribution is 2.25. The third kappa shape index (κ3) is 3.19. The zero-order valence-corrected chi connectivity index (χ0v) is 14.3. The van der Waals surface area contributed by atoms with E-state index in [-0.39, 0.29) is 12.5 Å². The second kappa shape index (κ2) is 6.79. The van der Waals surface area contributed by atoms with Gasteiger partial charge in [0.1, 0.15) is 6.54 Å². The first-order chi connectivity index (χ1) is 12.4. The fraction of sp³-hybridized carbons (Fsp3) is 0.158. The number of carbonyl (C=O) groups excluding carboxylic acids is 4. The van der Waals surface area contributed by atoms with E-state index in [1.807, 2.05) is 0 Å². The van der Waals surface area contributed by atoms with Gasteiger partial charge in [0.25, 0.3) is 11.8 Å². The molecule has 0 saturated carbocycles. The van der Waals surface area contributed by atoms with E-state index in [1.165, 1.54) is 6.92 Å². The first-order valence-corrected chi connectivity index (χ1v) is 8.00. The van der Waals surface area contributed by atoms with Gasteiger partial charge < -0.3 is 10.6 Å². The molecular weight excluding hydrogens is 334 g/mol. The molecular formula is C19H17N3O4. The van der Waals surface area contributed by atoms with Gasteiger partial charge in [0.15, 0.2) is 0 Å². The van der Waals surface area contributed by atoms with E-state index in [4.69, 9.17) is 0 Å². The maximum atomic E-state index is 12.4. The summed E-state index contributed by atoms with van der Waals surface area (Å²) >= 11 is 0. The summed E-state index contributed by atoms with van der Waals surface area (Å²) in [7, 11) is 0. The normalized spacial score (nSPS) is 12.8. The summed E-state index contributed by atoms with van der Waals surface area (Å²) in [6.07, 6.45) is 0. The molecule has 2 aromatic rings. The third-order valence-electron chi connectivity index (χ3n) is 4.10. The maximum Gasteiger partial charge on any atom is 0.262 e. The minimum Gasteiger partial charge on any atom is -0.326 e. The third-order valence-corrected chi connectivity index (χ3v) is 4.10. The van der Waals surface area contributed by atoms with E-state index in [2.05, 4.69) is 10.6 Å². The van der Waals surface area contributed by atoms with Crippen LogP contribution in [0.2, 0.25) is 0 Å². The van der Waals surface area contributed by atoms with Gasteiger partial charge in [-0.25, -0.2) is 0 Å². The van der Waals surface area contributed by atoms with E-state index in [0.717, 1.165) is 4.90 Å². The first kappa shape index (κ1) is 17.3. The standard InChI is InChI=1S/C19H17N3O4/c1-11-15(20-12(2)23)8-5-9-16(11)21-17(24)10-22-18(25)13-6-3-4-7-14(13)19(22)26/h3-9H,10H2,1-2H3,(H,20,23)(H,21,24). The van der Waals surface area contributed by atoms with Gasteiger partial charge in [-0.1, -0.05) is 18.2 Å². The Balaban J connectivity index is 1.74. The van der Waals surface area contributed by atoms with Gasteiger partial charge >= 0.3 is 0 Å². The number of rotatable bonds is 4. The van der Waals surface area contributed by atoms with Crippen LogP contribution >= 0.6 is 0 Å². The molecule has 7 nitrogen and oxygen atoms in total. The van der Waals surface area contributed by atoms with Crippen LogP contribution in [0, 0.1) is 6.92 Å². The Bertz CT molecular complexity index is 901. The zero-order valence-electron chi connectivity index (χ0n) is 14.3. The number of nitrogens with one attached hydrogen (secondary N) is 2. The van der Waals surface area contributed by atoms with Crippen LogP contribution in [0.4, 0.5) is 11.4 Å². The minimum absolute atomic E-state index is 0.220. The highest BCUT2D eigenvalue weighted by Gasteiger charge is 2.36. The van der Waals surface area contributed by atoms with E-state index < -0.39 is 17.7 Å². The highest BCUT2D eigenvalue weighted by atomic mass is 16.2. The molecule has 0 spiro atoms. The lowest BCUT2D eigenvalue weighted by molar-refractivity contribution is -0.116. The van der Waals surface area contributed by atoms with Crippen molar-refractivity contribution in [2.24, 2.45) is 0 Å². The molecule has 0 atom stereocenters. The van der Waals surface area contributed by atoms with Gasteiger partial charge in [-0.3, -0.25) is 24.1 Å². The van der Waals surface area contributed by atoms with Crippen LogP contribution in [0.5, 0.6) is 0 Å². The number of hydrogen-bond acceptors (Lipinski definition) is 4. The quantitative estimate of drug-likeness (QED) is 0.826. The monoisotopic (exact) mass is 351 g/mol. The Kier molecular flexibility index (Phi) is 4.53. The van der Waals surface area contributed by atoms with E-state index in [0.29, 0.717) is 28.1 Å². The second-order valence-electron chi connectivity index (χ2n) is 5.95. The lowest BCUT2D eigenvalue weighted by Gasteiger charge is -2.16. The number of amides is 4. The average molecular weight is 351 g/mol. The number of benzene rings is 2. The molecule has 2 N–H and O–H groups in total. The van der Waals surface area contributed by atoms with E-state index in [1.54, 1.807) is 49.4 Å². The lowest BCUT2D eigenvalue weighted by Crippen LogP contribution is -2.37. The van der Waals surface area contributed by atoms with Gasteiger partial charge in [0.2, 0.25) is 11.8 Å². The molecule has 4 amide bonds. The maximum absolute atomic E-state index is 12.4. The zero-order chi connectivity index (χ0) is 18.8. The Morgan fingerprint density at radius 2 is 1.42 bits per heavy atom. The van der Waals surface area contributed by atoms with Crippen molar-refractivity contribution >= 4 is 35.0 Å². The number of nitrogens with zero attached hydrogens (tertiary/aromatic N) is 1. The highest BCUT2D eigenvalue weighted by molar-refractivity contribution is 6.22. The van der Waals surface area contributed by atoms with Crippen molar-refractivity contribution in [1.82, 2.24) is 4.90 Å².